The van der Waals surface area contributed by atoms with Crippen LogP contribution in [-0.4, -0.2) is 15.2 Å². The summed E-state index contributed by atoms with van der Waals surface area (Å²) < 4.78 is 0. The Kier molecular flexibility index (Phi) is 4.62. The standard InChI is InChI=1S/C20H15ClN4O/c21-15-5-7-16(8-6-15)25-26-20-18-4-2-1-3-17(18)19(23-24-20)13-14-9-11-22-12-10-14/h1-12,25H,13H2. The Balaban J connectivity index is 1.62. The van der Waals surface area contributed by atoms with E-state index < -0.39 is 0 Å². The number of hydrogen-bond acceptors (Lipinski definition) is 5. The van der Waals surface area contributed by atoms with Crippen LogP contribution in [0.2, 0.25) is 5.02 Å². The molecule has 0 saturated carbocycles. The van der Waals surface area contributed by atoms with E-state index >= 15 is 0 Å². The fourth-order valence-corrected chi connectivity index (χ4v) is 2.79. The van der Waals surface area contributed by atoms with Gasteiger partial charge >= 0.3 is 0 Å². The van der Waals surface area contributed by atoms with Crippen molar-refractivity contribution in [2.75, 3.05) is 5.48 Å². The van der Waals surface area contributed by atoms with E-state index in [1.54, 1.807) is 24.5 Å². The SMILES string of the molecule is Clc1ccc(NOc2nnc(Cc3ccncc3)c3ccccc23)cc1. The first-order chi connectivity index (χ1) is 12.8. The monoisotopic (exact) mass is 362 g/mol. The Morgan fingerprint density at radius 2 is 1.58 bits per heavy atom. The first-order valence-corrected chi connectivity index (χ1v) is 8.49. The lowest BCUT2D eigenvalue weighted by Gasteiger charge is -2.11. The molecule has 2 aromatic carbocycles. The fourth-order valence-electron chi connectivity index (χ4n) is 2.66. The summed E-state index contributed by atoms with van der Waals surface area (Å²) in [7, 11) is 0. The van der Waals surface area contributed by atoms with Gasteiger partial charge in [-0.15, -0.1) is 5.10 Å². The summed E-state index contributed by atoms with van der Waals surface area (Å²) in [6.45, 7) is 0. The van der Waals surface area contributed by atoms with Crippen molar-refractivity contribution < 1.29 is 4.84 Å². The molecule has 2 aromatic heterocycles. The van der Waals surface area contributed by atoms with Crippen molar-refractivity contribution in [1.29, 1.82) is 0 Å². The van der Waals surface area contributed by atoms with E-state index in [9.17, 15) is 0 Å². The van der Waals surface area contributed by atoms with Gasteiger partial charge in [0.1, 0.15) is 0 Å². The Morgan fingerprint density at radius 1 is 0.846 bits per heavy atom. The van der Waals surface area contributed by atoms with Gasteiger partial charge < -0.3 is 4.84 Å². The van der Waals surface area contributed by atoms with E-state index in [2.05, 4.69) is 20.7 Å². The molecule has 5 nitrogen and oxygen atoms in total. The van der Waals surface area contributed by atoms with Crippen LogP contribution in [0.25, 0.3) is 10.8 Å². The number of pyridine rings is 1. The van der Waals surface area contributed by atoms with Gasteiger partial charge in [0.05, 0.1) is 16.8 Å². The zero-order chi connectivity index (χ0) is 17.8. The summed E-state index contributed by atoms with van der Waals surface area (Å²) in [6.07, 6.45) is 4.23. The minimum Gasteiger partial charge on any atom is -0.359 e. The molecule has 6 heteroatoms. The summed E-state index contributed by atoms with van der Waals surface area (Å²) >= 11 is 5.90. The van der Waals surface area contributed by atoms with Crippen LogP contribution in [0.4, 0.5) is 5.69 Å². The molecule has 0 radical (unpaired) electrons. The minimum absolute atomic E-state index is 0.425. The highest BCUT2D eigenvalue weighted by molar-refractivity contribution is 6.30. The lowest BCUT2D eigenvalue weighted by Crippen LogP contribution is -2.08. The molecule has 0 unspecified atom stereocenters. The molecule has 4 aromatic rings. The molecule has 128 valence electrons. The van der Waals surface area contributed by atoms with Crippen molar-refractivity contribution in [1.82, 2.24) is 15.2 Å². The number of benzene rings is 2. The van der Waals surface area contributed by atoms with Gasteiger partial charge in [0.25, 0.3) is 5.88 Å². The van der Waals surface area contributed by atoms with Crippen LogP contribution >= 0.6 is 11.6 Å². The number of hydrogen-bond donors (Lipinski definition) is 1. The van der Waals surface area contributed by atoms with Crippen molar-refractivity contribution in [3.05, 3.63) is 89.3 Å². The van der Waals surface area contributed by atoms with E-state index in [1.165, 1.54) is 0 Å². The van der Waals surface area contributed by atoms with Crippen molar-refractivity contribution in [2.24, 2.45) is 0 Å². The lowest BCUT2D eigenvalue weighted by molar-refractivity contribution is 0.388. The van der Waals surface area contributed by atoms with E-state index in [4.69, 9.17) is 16.4 Å². The largest absolute Gasteiger partial charge is 0.359 e. The van der Waals surface area contributed by atoms with Crippen LogP contribution in [0.5, 0.6) is 5.88 Å². The average Bonchev–Trinajstić information content (AvgIpc) is 2.69. The number of fused-ring (bicyclic) bond motifs is 1. The molecule has 0 spiro atoms. The molecule has 4 rings (SSSR count). The number of aromatic nitrogens is 3. The second-order valence-electron chi connectivity index (χ2n) is 5.74. The van der Waals surface area contributed by atoms with Crippen LogP contribution in [0.1, 0.15) is 11.3 Å². The highest BCUT2D eigenvalue weighted by atomic mass is 35.5. The van der Waals surface area contributed by atoms with Crippen molar-refractivity contribution in [3.8, 4) is 5.88 Å². The first-order valence-electron chi connectivity index (χ1n) is 8.11. The first kappa shape index (κ1) is 16.3. The van der Waals surface area contributed by atoms with Gasteiger partial charge in [0.2, 0.25) is 0 Å². The Labute approximate surface area is 155 Å². The van der Waals surface area contributed by atoms with E-state index in [1.807, 2.05) is 48.5 Å². The predicted molar refractivity (Wildman–Crippen MR) is 102 cm³/mol. The topological polar surface area (TPSA) is 59.9 Å². The summed E-state index contributed by atoms with van der Waals surface area (Å²) in [5.41, 5.74) is 5.68. The van der Waals surface area contributed by atoms with Crippen molar-refractivity contribution in [2.45, 2.75) is 6.42 Å². The van der Waals surface area contributed by atoms with Crippen molar-refractivity contribution in [3.63, 3.8) is 0 Å². The zero-order valence-corrected chi connectivity index (χ0v) is 14.5. The molecule has 0 aliphatic rings. The third-order valence-electron chi connectivity index (χ3n) is 3.96. The number of nitrogens with one attached hydrogen (secondary N) is 1. The number of halogens is 1. The molecular formula is C20H15ClN4O. The van der Waals surface area contributed by atoms with E-state index in [-0.39, 0.29) is 0 Å². The number of nitrogens with zero attached hydrogens (tertiary/aromatic N) is 3. The normalized spacial score (nSPS) is 10.7. The second-order valence-corrected chi connectivity index (χ2v) is 6.18. The van der Waals surface area contributed by atoms with Crippen molar-refractivity contribution >= 4 is 28.1 Å². The smallest absolute Gasteiger partial charge is 0.272 e. The maximum Gasteiger partial charge on any atom is 0.272 e. The molecule has 0 aliphatic carbocycles. The quantitative estimate of drug-likeness (QED) is 0.522. The number of rotatable bonds is 5. The maximum atomic E-state index is 5.90. The van der Waals surface area contributed by atoms with Gasteiger partial charge in [0, 0.05) is 29.2 Å². The molecule has 0 atom stereocenters. The van der Waals surface area contributed by atoms with E-state index in [0.717, 1.165) is 27.7 Å². The van der Waals surface area contributed by atoms with E-state index in [0.29, 0.717) is 17.3 Å². The van der Waals surface area contributed by atoms with Crippen LogP contribution in [-0.2, 0) is 6.42 Å². The summed E-state index contributed by atoms with van der Waals surface area (Å²) in [5.74, 6) is 0.425. The van der Waals surface area contributed by atoms with Gasteiger partial charge in [0.15, 0.2) is 0 Å². The van der Waals surface area contributed by atoms with Gasteiger partial charge in [-0.2, -0.15) is 5.10 Å². The van der Waals surface area contributed by atoms with Crippen LogP contribution < -0.4 is 10.3 Å². The lowest BCUT2D eigenvalue weighted by atomic mass is 10.1. The van der Waals surface area contributed by atoms with Crippen LogP contribution in [0.15, 0.2) is 73.1 Å². The maximum absolute atomic E-state index is 5.90. The minimum atomic E-state index is 0.425. The molecule has 1 N–H and O–H groups in total. The van der Waals surface area contributed by atoms with Crippen LogP contribution in [0, 0.1) is 0 Å². The molecule has 2 heterocycles. The second kappa shape index (κ2) is 7.37. The summed E-state index contributed by atoms with van der Waals surface area (Å²) in [4.78, 5) is 9.72. The predicted octanol–water partition coefficient (Wildman–Crippen LogP) is 4.67. The molecule has 0 amide bonds. The molecule has 0 aliphatic heterocycles. The Bertz CT molecular complexity index is 1020. The molecule has 0 fully saturated rings. The highest BCUT2D eigenvalue weighted by Crippen LogP contribution is 2.26. The highest BCUT2D eigenvalue weighted by Gasteiger charge is 2.11. The third kappa shape index (κ3) is 3.58. The van der Waals surface area contributed by atoms with Crippen LogP contribution in [0.3, 0.4) is 0 Å². The average molecular weight is 363 g/mol. The summed E-state index contributed by atoms with van der Waals surface area (Å²) in [5, 5.41) is 11.2. The van der Waals surface area contributed by atoms with Gasteiger partial charge in [-0.3, -0.25) is 4.98 Å². The van der Waals surface area contributed by atoms with Gasteiger partial charge in [-0.05, 0) is 48.0 Å². The van der Waals surface area contributed by atoms with Gasteiger partial charge in [-0.25, -0.2) is 5.48 Å². The summed E-state index contributed by atoms with van der Waals surface area (Å²) in [6, 6.07) is 19.1. The fraction of sp³-hybridized carbons (Fsp3) is 0.0500. The molecule has 26 heavy (non-hydrogen) atoms. The Morgan fingerprint density at radius 3 is 2.35 bits per heavy atom. The molecule has 0 saturated heterocycles. The molecular weight excluding hydrogens is 348 g/mol. The zero-order valence-electron chi connectivity index (χ0n) is 13.8. The third-order valence-corrected chi connectivity index (χ3v) is 4.21. The Hall–Kier alpha value is -3.18. The molecule has 0 bridgehead atoms. The number of anilines is 1. The van der Waals surface area contributed by atoms with Gasteiger partial charge in [-0.1, -0.05) is 29.8 Å².